The van der Waals surface area contributed by atoms with Crippen LogP contribution in [0.4, 0.5) is 0 Å². The fourth-order valence-corrected chi connectivity index (χ4v) is 2.18. The van der Waals surface area contributed by atoms with Crippen LogP contribution in [0.3, 0.4) is 0 Å². The molecule has 0 radical (unpaired) electrons. The zero-order valence-corrected chi connectivity index (χ0v) is 10.1. The number of carbonyl (C=O) groups is 2. The molecule has 0 aromatic heterocycles. The van der Waals surface area contributed by atoms with Crippen LogP contribution >= 0.6 is 0 Å². The van der Waals surface area contributed by atoms with Crippen LogP contribution in [0.1, 0.15) is 13.3 Å². The molecule has 1 fully saturated rings. The Bertz CT molecular complexity index is 333. The summed E-state index contributed by atoms with van der Waals surface area (Å²) in [6.07, 6.45) is 0.0334. The van der Waals surface area contributed by atoms with Gasteiger partial charge in [-0.25, -0.2) is 8.42 Å². The van der Waals surface area contributed by atoms with Crippen molar-refractivity contribution in [2.75, 3.05) is 0 Å². The summed E-state index contributed by atoms with van der Waals surface area (Å²) in [7, 11) is -4.65. The Morgan fingerprint density at radius 1 is 1.62 bits per heavy atom. The molecule has 2 atom stereocenters. The van der Waals surface area contributed by atoms with Crippen LogP contribution in [0.25, 0.3) is 0 Å². The summed E-state index contributed by atoms with van der Waals surface area (Å²) in [5.41, 5.74) is 0. The maximum atomic E-state index is 10.7. The fraction of sp³-hybridized carbons (Fsp3) is 0.667. The Morgan fingerprint density at radius 2 is 2.00 bits per heavy atom. The Balaban J connectivity index is 0.00000144. The smallest absolute Gasteiger partial charge is 0.747 e. The Hall–Kier alpha value is 0.250. The first kappa shape index (κ1) is 13.2. The molecule has 2 unspecified atom stereocenters. The first-order valence-corrected chi connectivity index (χ1v) is 4.79. The summed E-state index contributed by atoms with van der Waals surface area (Å²) in [5.74, 6) is -1.94. The van der Waals surface area contributed by atoms with E-state index in [0.717, 1.165) is 6.92 Å². The van der Waals surface area contributed by atoms with Crippen molar-refractivity contribution in [1.29, 1.82) is 0 Å². The summed E-state index contributed by atoms with van der Waals surface area (Å²) in [6.45, 7) is 1.01. The quantitative estimate of drug-likeness (QED) is 0.353. The molecule has 0 saturated heterocycles. The molecule has 0 bridgehead atoms. The third kappa shape index (κ3) is 3.14. The number of carbonyl (C=O) groups excluding carboxylic acids is 2. The van der Waals surface area contributed by atoms with E-state index in [9.17, 15) is 22.6 Å². The molecule has 7 heteroatoms. The van der Waals surface area contributed by atoms with Crippen molar-refractivity contribution >= 4 is 21.7 Å². The predicted octanol–water partition coefficient (Wildman–Crippen LogP) is -3.92. The van der Waals surface area contributed by atoms with Crippen molar-refractivity contribution in [1.82, 2.24) is 0 Å². The molecule has 5 nitrogen and oxygen atoms in total. The molecule has 0 aromatic rings. The maximum Gasteiger partial charge on any atom is 1.00 e. The minimum Gasteiger partial charge on any atom is -0.747 e. The summed E-state index contributed by atoms with van der Waals surface area (Å²) in [5, 5.41) is -1.65. The van der Waals surface area contributed by atoms with E-state index < -0.39 is 27.1 Å². The van der Waals surface area contributed by atoms with Gasteiger partial charge in [0.15, 0.2) is 0 Å². The van der Waals surface area contributed by atoms with Crippen LogP contribution in [-0.2, 0) is 19.7 Å². The molecule has 0 amide bonds. The topological polar surface area (TPSA) is 91.3 Å². The average Bonchev–Trinajstić information content (AvgIpc) is 2.41. The summed E-state index contributed by atoms with van der Waals surface area (Å²) >= 11 is 0. The zero-order chi connectivity index (χ0) is 9.52. The molecule has 1 aliphatic rings. The number of hydrogen-bond acceptors (Lipinski definition) is 5. The van der Waals surface area contributed by atoms with Gasteiger partial charge in [-0.05, 0) is 6.92 Å². The van der Waals surface area contributed by atoms with Crippen molar-refractivity contribution in [2.24, 2.45) is 5.92 Å². The van der Waals surface area contributed by atoms with E-state index in [2.05, 4.69) is 0 Å². The van der Waals surface area contributed by atoms with Gasteiger partial charge >= 0.3 is 29.6 Å². The molecule has 0 spiro atoms. The van der Waals surface area contributed by atoms with Crippen LogP contribution in [0.15, 0.2) is 0 Å². The summed E-state index contributed by atoms with van der Waals surface area (Å²) < 4.78 is 31.4. The van der Waals surface area contributed by atoms with Crippen molar-refractivity contribution < 1.29 is 52.1 Å². The van der Waals surface area contributed by atoms with Gasteiger partial charge in [0.25, 0.3) is 0 Å². The van der Waals surface area contributed by atoms with Crippen LogP contribution in [0.2, 0.25) is 0 Å². The molecule has 1 aliphatic carbocycles. The monoisotopic (exact) mass is 214 g/mol. The standard InChI is InChI=1S/C6H8O5S.Na/c1-3(7)6(12(9,10)11)4-2-5(4)8;/h4,6H,2H2,1H3,(H,9,10,11);/q;+1/p-1. The van der Waals surface area contributed by atoms with Crippen molar-refractivity contribution in [3.63, 3.8) is 0 Å². The molecule has 0 aromatic carbocycles. The minimum atomic E-state index is -4.65. The summed E-state index contributed by atoms with van der Waals surface area (Å²) in [4.78, 5) is 21.2. The Labute approximate surface area is 97.9 Å². The number of hydrogen-bond donors (Lipinski definition) is 0. The largest absolute Gasteiger partial charge is 1.00 e. The van der Waals surface area contributed by atoms with E-state index in [1.165, 1.54) is 0 Å². The van der Waals surface area contributed by atoms with Gasteiger partial charge in [0.05, 0.1) is 0 Å². The van der Waals surface area contributed by atoms with E-state index in [4.69, 9.17) is 0 Å². The second-order valence-corrected chi connectivity index (χ2v) is 4.29. The van der Waals surface area contributed by atoms with Crippen molar-refractivity contribution in [2.45, 2.75) is 18.6 Å². The van der Waals surface area contributed by atoms with E-state index >= 15 is 0 Å². The van der Waals surface area contributed by atoms with Gasteiger partial charge in [0, 0.05) is 12.3 Å². The molecule has 1 rings (SSSR count). The van der Waals surface area contributed by atoms with Crippen LogP contribution < -0.4 is 29.6 Å². The van der Waals surface area contributed by atoms with E-state index in [-0.39, 0.29) is 41.8 Å². The molecular formula is C6H7NaO5S. The molecule has 0 aliphatic heterocycles. The molecular weight excluding hydrogens is 207 g/mol. The van der Waals surface area contributed by atoms with Crippen LogP contribution in [0, 0.1) is 5.92 Å². The predicted molar refractivity (Wildman–Crippen MR) is 37.3 cm³/mol. The van der Waals surface area contributed by atoms with Gasteiger partial charge < -0.3 is 4.55 Å². The van der Waals surface area contributed by atoms with Gasteiger partial charge in [0.1, 0.15) is 26.9 Å². The summed E-state index contributed by atoms with van der Waals surface area (Å²) in [6, 6.07) is 0. The Morgan fingerprint density at radius 3 is 2.08 bits per heavy atom. The number of rotatable bonds is 3. The molecule has 68 valence electrons. The molecule has 0 heterocycles. The number of Topliss-reactive ketones (excluding diaryl/α,β-unsaturated/α-hetero) is 2. The SMILES string of the molecule is CC(=O)C(C1CC1=O)S(=O)(=O)[O-].[Na+]. The first-order valence-electron chi connectivity index (χ1n) is 3.32. The first-order chi connectivity index (χ1) is 5.34. The van der Waals surface area contributed by atoms with Gasteiger partial charge in [-0.15, -0.1) is 0 Å². The van der Waals surface area contributed by atoms with Gasteiger partial charge in [0.2, 0.25) is 0 Å². The number of ketones is 2. The van der Waals surface area contributed by atoms with Crippen LogP contribution in [0.5, 0.6) is 0 Å². The Kier molecular flexibility index (Phi) is 4.26. The normalized spacial score (nSPS) is 23.2. The van der Waals surface area contributed by atoms with E-state index in [1.54, 1.807) is 0 Å². The van der Waals surface area contributed by atoms with E-state index in [1.807, 2.05) is 0 Å². The van der Waals surface area contributed by atoms with Crippen LogP contribution in [-0.4, -0.2) is 29.8 Å². The van der Waals surface area contributed by atoms with Crippen molar-refractivity contribution in [3.8, 4) is 0 Å². The van der Waals surface area contributed by atoms with Crippen molar-refractivity contribution in [3.05, 3.63) is 0 Å². The third-order valence-corrected chi connectivity index (χ3v) is 3.03. The second kappa shape index (κ2) is 4.18. The van der Waals surface area contributed by atoms with Gasteiger partial charge in [-0.2, -0.15) is 0 Å². The zero-order valence-electron chi connectivity index (χ0n) is 7.31. The minimum absolute atomic E-state index is 0. The van der Waals surface area contributed by atoms with Gasteiger partial charge in [-0.1, -0.05) is 0 Å². The maximum absolute atomic E-state index is 10.7. The molecule has 13 heavy (non-hydrogen) atoms. The van der Waals surface area contributed by atoms with Gasteiger partial charge in [-0.3, -0.25) is 9.59 Å². The second-order valence-electron chi connectivity index (χ2n) is 2.80. The van der Waals surface area contributed by atoms with E-state index in [0.29, 0.717) is 0 Å². The molecule has 1 saturated carbocycles. The molecule has 0 N–H and O–H groups in total. The fourth-order valence-electron chi connectivity index (χ4n) is 1.12. The average molecular weight is 214 g/mol. The third-order valence-electron chi connectivity index (χ3n) is 1.75.